The van der Waals surface area contributed by atoms with Gasteiger partial charge < -0.3 is 14.9 Å². The zero-order valence-corrected chi connectivity index (χ0v) is 14.7. The SMILES string of the molecule is CS(=O)(=O)c1cccc(C(=O)N2CCN(c3ccccc3O)CC2)c1. The van der Waals surface area contributed by atoms with Gasteiger partial charge in [-0.2, -0.15) is 0 Å². The molecule has 1 saturated heterocycles. The fourth-order valence-electron chi connectivity index (χ4n) is 2.92. The van der Waals surface area contributed by atoms with E-state index in [1.54, 1.807) is 29.2 Å². The van der Waals surface area contributed by atoms with E-state index >= 15 is 0 Å². The van der Waals surface area contributed by atoms with Crippen molar-refractivity contribution in [2.75, 3.05) is 37.3 Å². The van der Waals surface area contributed by atoms with Gasteiger partial charge in [-0.1, -0.05) is 18.2 Å². The summed E-state index contributed by atoms with van der Waals surface area (Å²) in [6, 6.07) is 13.3. The molecule has 1 aliphatic heterocycles. The molecular formula is C18H20N2O4S. The van der Waals surface area contributed by atoms with Gasteiger partial charge in [-0.25, -0.2) is 8.42 Å². The molecule has 1 heterocycles. The van der Waals surface area contributed by atoms with Crippen LogP contribution in [0, 0.1) is 0 Å². The lowest BCUT2D eigenvalue weighted by atomic mass is 10.1. The van der Waals surface area contributed by atoms with Crippen molar-refractivity contribution in [1.82, 2.24) is 4.90 Å². The standard InChI is InChI=1S/C18H20N2O4S/c1-25(23,24)15-6-4-5-14(13-15)18(22)20-11-9-19(10-12-20)16-7-2-3-8-17(16)21/h2-8,13,21H,9-12H2,1H3. The predicted molar refractivity (Wildman–Crippen MR) is 95.8 cm³/mol. The summed E-state index contributed by atoms with van der Waals surface area (Å²) in [7, 11) is -3.35. The second-order valence-corrected chi connectivity index (χ2v) is 8.08. The number of sulfone groups is 1. The molecule has 0 aromatic heterocycles. The lowest BCUT2D eigenvalue weighted by molar-refractivity contribution is 0.0746. The van der Waals surface area contributed by atoms with E-state index in [9.17, 15) is 18.3 Å². The van der Waals surface area contributed by atoms with Crippen molar-refractivity contribution in [3.05, 3.63) is 54.1 Å². The second kappa shape index (κ2) is 6.76. The molecule has 0 unspecified atom stereocenters. The van der Waals surface area contributed by atoms with E-state index in [0.717, 1.165) is 11.9 Å². The summed E-state index contributed by atoms with van der Waals surface area (Å²) in [5.74, 6) is 0.0468. The summed E-state index contributed by atoms with van der Waals surface area (Å²) in [5.41, 5.74) is 1.13. The van der Waals surface area contributed by atoms with Crippen molar-refractivity contribution in [2.24, 2.45) is 0 Å². The highest BCUT2D eigenvalue weighted by molar-refractivity contribution is 7.90. The molecule has 1 aliphatic rings. The van der Waals surface area contributed by atoms with Crippen molar-refractivity contribution in [2.45, 2.75) is 4.90 Å². The molecular weight excluding hydrogens is 340 g/mol. The van der Waals surface area contributed by atoms with Crippen LogP contribution < -0.4 is 4.90 Å². The van der Waals surface area contributed by atoms with Crippen molar-refractivity contribution in [1.29, 1.82) is 0 Å². The lowest BCUT2D eigenvalue weighted by Gasteiger charge is -2.36. The molecule has 7 heteroatoms. The molecule has 6 nitrogen and oxygen atoms in total. The maximum absolute atomic E-state index is 12.7. The van der Waals surface area contributed by atoms with Gasteiger partial charge in [0.25, 0.3) is 5.91 Å². The third-order valence-corrected chi connectivity index (χ3v) is 5.41. The number of hydrogen-bond donors (Lipinski definition) is 1. The number of anilines is 1. The number of carbonyl (C=O) groups is 1. The average Bonchev–Trinajstić information content (AvgIpc) is 2.61. The van der Waals surface area contributed by atoms with Gasteiger partial charge in [0.15, 0.2) is 9.84 Å². The molecule has 0 spiro atoms. The Kier molecular flexibility index (Phi) is 4.67. The molecule has 132 valence electrons. The number of piperazine rings is 1. The normalized spacial score (nSPS) is 15.2. The van der Waals surface area contributed by atoms with E-state index in [1.807, 2.05) is 17.0 Å². The number of benzene rings is 2. The highest BCUT2D eigenvalue weighted by atomic mass is 32.2. The molecule has 0 saturated carbocycles. The zero-order chi connectivity index (χ0) is 18.0. The van der Waals surface area contributed by atoms with E-state index in [1.165, 1.54) is 12.1 Å². The van der Waals surface area contributed by atoms with Crippen LogP contribution in [0.25, 0.3) is 0 Å². The Morgan fingerprint density at radius 2 is 1.68 bits per heavy atom. The number of para-hydroxylation sites is 2. The fourth-order valence-corrected chi connectivity index (χ4v) is 3.59. The quantitative estimate of drug-likeness (QED) is 0.902. The van der Waals surface area contributed by atoms with Gasteiger partial charge in [0.2, 0.25) is 0 Å². The average molecular weight is 360 g/mol. The molecule has 1 amide bonds. The van der Waals surface area contributed by atoms with Crippen LogP contribution in [0.4, 0.5) is 5.69 Å². The van der Waals surface area contributed by atoms with Crippen LogP contribution in [0.1, 0.15) is 10.4 Å². The molecule has 1 N–H and O–H groups in total. The first-order valence-corrected chi connectivity index (χ1v) is 9.88. The summed E-state index contributed by atoms with van der Waals surface area (Å²) in [5, 5.41) is 9.94. The molecule has 3 rings (SSSR count). The van der Waals surface area contributed by atoms with Crippen LogP contribution in [0.15, 0.2) is 53.4 Å². The van der Waals surface area contributed by atoms with Crippen LogP contribution >= 0.6 is 0 Å². The van der Waals surface area contributed by atoms with E-state index in [-0.39, 0.29) is 16.6 Å². The van der Waals surface area contributed by atoms with E-state index in [4.69, 9.17) is 0 Å². The van der Waals surface area contributed by atoms with Crippen molar-refractivity contribution in [3.63, 3.8) is 0 Å². The molecule has 0 radical (unpaired) electrons. The summed E-state index contributed by atoms with van der Waals surface area (Å²) >= 11 is 0. The maximum Gasteiger partial charge on any atom is 0.254 e. The van der Waals surface area contributed by atoms with Crippen LogP contribution in [0.3, 0.4) is 0 Å². The molecule has 2 aromatic rings. The minimum Gasteiger partial charge on any atom is -0.506 e. The number of hydrogen-bond acceptors (Lipinski definition) is 5. The number of carbonyl (C=O) groups excluding carboxylic acids is 1. The summed E-state index contributed by atoms with van der Waals surface area (Å²) in [6.45, 7) is 2.23. The minimum atomic E-state index is -3.35. The van der Waals surface area contributed by atoms with Crippen LogP contribution in [-0.4, -0.2) is 56.8 Å². The molecule has 1 fully saturated rings. The Bertz CT molecular complexity index is 887. The number of amides is 1. The highest BCUT2D eigenvalue weighted by Gasteiger charge is 2.24. The Hall–Kier alpha value is -2.54. The molecule has 0 atom stereocenters. The van der Waals surface area contributed by atoms with Gasteiger partial charge in [0.05, 0.1) is 10.6 Å². The van der Waals surface area contributed by atoms with Crippen LogP contribution in [0.5, 0.6) is 5.75 Å². The maximum atomic E-state index is 12.7. The number of phenols is 1. The van der Waals surface area contributed by atoms with Crippen molar-refractivity contribution in [3.8, 4) is 5.75 Å². The Labute approximate surface area is 147 Å². The van der Waals surface area contributed by atoms with Gasteiger partial charge in [0.1, 0.15) is 5.75 Å². The van der Waals surface area contributed by atoms with Gasteiger partial charge in [-0.05, 0) is 30.3 Å². The topological polar surface area (TPSA) is 77.9 Å². The zero-order valence-electron chi connectivity index (χ0n) is 13.9. The minimum absolute atomic E-state index is 0.145. The molecule has 2 aromatic carbocycles. The summed E-state index contributed by atoms with van der Waals surface area (Å²) in [4.78, 5) is 16.5. The highest BCUT2D eigenvalue weighted by Crippen LogP contribution is 2.27. The van der Waals surface area contributed by atoms with E-state index in [0.29, 0.717) is 31.7 Å². The smallest absolute Gasteiger partial charge is 0.254 e. The number of aromatic hydroxyl groups is 1. The summed E-state index contributed by atoms with van der Waals surface area (Å²) in [6.07, 6.45) is 1.13. The van der Waals surface area contributed by atoms with E-state index < -0.39 is 9.84 Å². The fraction of sp³-hybridized carbons (Fsp3) is 0.278. The monoisotopic (exact) mass is 360 g/mol. The van der Waals surface area contributed by atoms with Gasteiger partial charge in [0, 0.05) is 38.0 Å². The van der Waals surface area contributed by atoms with Crippen LogP contribution in [0.2, 0.25) is 0 Å². The number of rotatable bonds is 3. The molecule has 25 heavy (non-hydrogen) atoms. The molecule has 0 aliphatic carbocycles. The first-order chi connectivity index (χ1) is 11.9. The van der Waals surface area contributed by atoms with Crippen molar-refractivity contribution >= 4 is 21.4 Å². The van der Waals surface area contributed by atoms with E-state index in [2.05, 4.69) is 0 Å². The lowest BCUT2D eigenvalue weighted by Crippen LogP contribution is -2.48. The third kappa shape index (κ3) is 3.76. The number of phenolic OH excluding ortho intramolecular Hbond substituents is 1. The van der Waals surface area contributed by atoms with Crippen molar-refractivity contribution < 1.29 is 18.3 Å². The number of nitrogens with zero attached hydrogens (tertiary/aromatic N) is 2. The van der Waals surface area contributed by atoms with Gasteiger partial charge in [-0.15, -0.1) is 0 Å². The largest absolute Gasteiger partial charge is 0.506 e. The first-order valence-electron chi connectivity index (χ1n) is 7.98. The Morgan fingerprint density at radius 3 is 2.32 bits per heavy atom. The van der Waals surface area contributed by atoms with Gasteiger partial charge in [-0.3, -0.25) is 4.79 Å². The van der Waals surface area contributed by atoms with Crippen LogP contribution in [-0.2, 0) is 9.84 Å². The summed E-state index contributed by atoms with van der Waals surface area (Å²) < 4.78 is 23.3. The third-order valence-electron chi connectivity index (χ3n) is 4.30. The first kappa shape index (κ1) is 17.3. The molecule has 0 bridgehead atoms. The Balaban J connectivity index is 1.71. The van der Waals surface area contributed by atoms with Gasteiger partial charge >= 0.3 is 0 Å². The second-order valence-electron chi connectivity index (χ2n) is 6.07. The Morgan fingerprint density at radius 1 is 1.00 bits per heavy atom. The predicted octanol–water partition coefficient (Wildman–Crippen LogP) is 1.76.